The summed E-state index contributed by atoms with van der Waals surface area (Å²) in [6, 6.07) is 16.6. The van der Waals surface area contributed by atoms with Crippen molar-refractivity contribution in [3.63, 3.8) is 0 Å². The van der Waals surface area contributed by atoms with E-state index in [0.717, 1.165) is 11.1 Å². The number of esters is 1. The minimum Gasteiger partial charge on any atom is -0.508 e. The van der Waals surface area contributed by atoms with Gasteiger partial charge in [-0.2, -0.15) is 0 Å². The van der Waals surface area contributed by atoms with Gasteiger partial charge < -0.3 is 15.2 Å². The molecule has 0 saturated heterocycles. The molecule has 138 valence electrons. The van der Waals surface area contributed by atoms with Gasteiger partial charge in [0.05, 0.1) is 12.5 Å². The van der Waals surface area contributed by atoms with Crippen molar-refractivity contribution in [3.05, 3.63) is 65.7 Å². The number of aromatic hydroxyl groups is 1. The molecule has 2 rings (SSSR count). The van der Waals surface area contributed by atoms with Crippen molar-refractivity contribution in [2.75, 3.05) is 13.2 Å². The lowest BCUT2D eigenvalue weighted by Gasteiger charge is -2.16. The molecular formula is C21H25NO4. The number of carbonyl (C=O) groups is 2. The number of phenols is 1. The lowest BCUT2D eigenvalue weighted by atomic mass is 9.99. The van der Waals surface area contributed by atoms with E-state index in [2.05, 4.69) is 5.32 Å². The Hall–Kier alpha value is -2.82. The van der Waals surface area contributed by atoms with Gasteiger partial charge in [0.1, 0.15) is 5.75 Å². The summed E-state index contributed by atoms with van der Waals surface area (Å²) >= 11 is 0. The molecule has 0 saturated carbocycles. The average Bonchev–Trinajstić information content (AvgIpc) is 2.65. The molecule has 5 heteroatoms. The van der Waals surface area contributed by atoms with E-state index in [4.69, 9.17) is 4.74 Å². The maximum absolute atomic E-state index is 12.2. The fraction of sp³-hybridized carbons (Fsp3) is 0.333. The van der Waals surface area contributed by atoms with E-state index in [0.29, 0.717) is 19.4 Å². The van der Waals surface area contributed by atoms with Gasteiger partial charge in [0.15, 0.2) is 0 Å². The summed E-state index contributed by atoms with van der Waals surface area (Å²) in [5, 5.41) is 12.6. The van der Waals surface area contributed by atoms with Crippen LogP contribution in [0.1, 0.15) is 24.5 Å². The first-order chi connectivity index (χ1) is 12.6. The van der Waals surface area contributed by atoms with Gasteiger partial charge in [-0.1, -0.05) is 48.5 Å². The van der Waals surface area contributed by atoms with Crippen molar-refractivity contribution in [2.45, 2.75) is 26.2 Å². The Bertz CT molecular complexity index is 715. The predicted octanol–water partition coefficient (Wildman–Crippen LogP) is 2.86. The van der Waals surface area contributed by atoms with Crippen molar-refractivity contribution in [1.82, 2.24) is 5.32 Å². The third-order valence-electron chi connectivity index (χ3n) is 4.10. The highest BCUT2D eigenvalue weighted by atomic mass is 16.5. The van der Waals surface area contributed by atoms with Crippen molar-refractivity contribution in [2.24, 2.45) is 5.92 Å². The molecule has 1 unspecified atom stereocenters. The topological polar surface area (TPSA) is 75.6 Å². The largest absolute Gasteiger partial charge is 0.508 e. The van der Waals surface area contributed by atoms with Crippen LogP contribution in [-0.2, 0) is 27.2 Å². The van der Waals surface area contributed by atoms with Crippen LogP contribution in [0.5, 0.6) is 5.75 Å². The number of aryl methyl sites for hydroxylation is 1. The fourth-order valence-electron chi connectivity index (χ4n) is 2.69. The first-order valence-corrected chi connectivity index (χ1v) is 8.84. The van der Waals surface area contributed by atoms with E-state index < -0.39 is 5.92 Å². The lowest BCUT2D eigenvalue weighted by molar-refractivity contribution is -0.147. The highest BCUT2D eigenvalue weighted by Crippen LogP contribution is 2.17. The molecule has 5 nitrogen and oxygen atoms in total. The SMILES string of the molecule is CCOC(=O)C(CNC(=O)CCc1ccccc1O)Cc1ccccc1. The highest BCUT2D eigenvalue weighted by molar-refractivity contribution is 5.78. The summed E-state index contributed by atoms with van der Waals surface area (Å²) in [4.78, 5) is 24.3. The summed E-state index contributed by atoms with van der Waals surface area (Å²) in [6.07, 6.45) is 1.21. The van der Waals surface area contributed by atoms with Crippen LogP contribution in [-0.4, -0.2) is 30.1 Å². The molecule has 1 atom stereocenters. The summed E-state index contributed by atoms with van der Waals surface area (Å²) in [6.45, 7) is 2.31. The van der Waals surface area contributed by atoms with E-state index in [1.807, 2.05) is 36.4 Å². The molecule has 0 aliphatic carbocycles. The molecule has 2 N–H and O–H groups in total. The maximum atomic E-state index is 12.2. The van der Waals surface area contributed by atoms with E-state index >= 15 is 0 Å². The van der Waals surface area contributed by atoms with Gasteiger partial charge in [0.25, 0.3) is 0 Å². The van der Waals surface area contributed by atoms with Crippen LogP contribution in [0, 0.1) is 5.92 Å². The predicted molar refractivity (Wildman–Crippen MR) is 99.7 cm³/mol. The first kappa shape index (κ1) is 19.5. The maximum Gasteiger partial charge on any atom is 0.311 e. The summed E-state index contributed by atoms with van der Waals surface area (Å²) in [7, 11) is 0. The molecule has 0 spiro atoms. The molecule has 0 fully saturated rings. The number of nitrogens with one attached hydrogen (secondary N) is 1. The second kappa shape index (κ2) is 10.2. The lowest BCUT2D eigenvalue weighted by Crippen LogP contribution is -2.35. The van der Waals surface area contributed by atoms with Gasteiger partial charge in [-0.05, 0) is 37.0 Å². The number of ether oxygens (including phenoxy) is 1. The molecule has 0 aromatic heterocycles. The van der Waals surface area contributed by atoms with E-state index in [1.54, 1.807) is 25.1 Å². The molecule has 0 radical (unpaired) electrons. The number of hydrogen-bond donors (Lipinski definition) is 2. The van der Waals surface area contributed by atoms with Crippen molar-refractivity contribution >= 4 is 11.9 Å². The molecule has 2 aromatic rings. The summed E-state index contributed by atoms with van der Waals surface area (Å²) in [5.41, 5.74) is 1.75. The second-order valence-electron chi connectivity index (χ2n) is 6.07. The number of hydrogen-bond acceptors (Lipinski definition) is 4. The van der Waals surface area contributed by atoms with E-state index in [9.17, 15) is 14.7 Å². The number of phenolic OH excluding ortho intramolecular Hbond substituents is 1. The van der Waals surface area contributed by atoms with Crippen LogP contribution in [0.25, 0.3) is 0 Å². The third kappa shape index (κ3) is 6.24. The minimum atomic E-state index is -0.425. The summed E-state index contributed by atoms with van der Waals surface area (Å²) in [5.74, 6) is -0.701. The quantitative estimate of drug-likeness (QED) is 0.678. The smallest absolute Gasteiger partial charge is 0.311 e. The Morgan fingerprint density at radius 1 is 1.08 bits per heavy atom. The molecule has 0 aliphatic rings. The van der Waals surface area contributed by atoms with E-state index in [1.165, 1.54) is 0 Å². The zero-order valence-electron chi connectivity index (χ0n) is 15.0. The normalized spacial score (nSPS) is 11.6. The Balaban J connectivity index is 1.88. The standard InChI is InChI=1S/C21H25NO4/c1-2-26-21(25)18(14-16-8-4-3-5-9-16)15-22-20(24)13-12-17-10-6-7-11-19(17)23/h3-11,18,23H,2,12-15H2,1H3,(H,22,24). The Morgan fingerprint density at radius 2 is 1.77 bits per heavy atom. The number of benzene rings is 2. The molecule has 1 amide bonds. The number of rotatable bonds is 9. The van der Waals surface area contributed by atoms with Crippen LogP contribution in [0.3, 0.4) is 0 Å². The Kier molecular flexibility index (Phi) is 7.68. The van der Waals surface area contributed by atoms with Gasteiger partial charge >= 0.3 is 5.97 Å². The molecule has 2 aromatic carbocycles. The number of amides is 1. The number of para-hydroxylation sites is 1. The molecule has 0 bridgehead atoms. The van der Waals surface area contributed by atoms with Gasteiger partial charge in [0, 0.05) is 13.0 Å². The van der Waals surface area contributed by atoms with Gasteiger partial charge in [-0.3, -0.25) is 9.59 Å². The zero-order valence-corrected chi connectivity index (χ0v) is 15.0. The van der Waals surface area contributed by atoms with Crippen LogP contribution in [0.2, 0.25) is 0 Å². The van der Waals surface area contributed by atoms with E-state index in [-0.39, 0.29) is 30.6 Å². The molecule has 0 aliphatic heterocycles. The van der Waals surface area contributed by atoms with Crippen LogP contribution in [0.4, 0.5) is 0 Å². The monoisotopic (exact) mass is 355 g/mol. The summed E-state index contributed by atoms with van der Waals surface area (Å²) < 4.78 is 5.13. The Morgan fingerprint density at radius 3 is 2.46 bits per heavy atom. The fourth-order valence-corrected chi connectivity index (χ4v) is 2.69. The number of carbonyl (C=O) groups excluding carboxylic acids is 2. The second-order valence-corrected chi connectivity index (χ2v) is 6.07. The first-order valence-electron chi connectivity index (χ1n) is 8.84. The van der Waals surface area contributed by atoms with Gasteiger partial charge in [0.2, 0.25) is 5.91 Å². The van der Waals surface area contributed by atoms with Crippen LogP contribution < -0.4 is 5.32 Å². The zero-order chi connectivity index (χ0) is 18.8. The Labute approximate surface area is 154 Å². The van der Waals surface area contributed by atoms with Crippen molar-refractivity contribution in [3.8, 4) is 5.75 Å². The minimum absolute atomic E-state index is 0.157. The van der Waals surface area contributed by atoms with Crippen molar-refractivity contribution in [1.29, 1.82) is 0 Å². The van der Waals surface area contributed by atoms with Crippen LogP contribution in [0.15, 0.2) is 54.6 Å². The molecule has 26 heavy (non-hydrogen) atoms. The van der Waals surface area contributed by atoms with Gasteiger partial charge in [-0.15, -0.1) is 0 Å². The van der Waals surface area contributed by atoms with Crippen LogP contribution >= 0.6 is 0 Å². The highest BCUT2D eigenvalue weighted by Gasteiger charge is 2.21. The molecule has 0 heterocycles. The molecular weight excluding hydrogens is 330 g/mol. The third-order valence-corrected chi connectivity index (χ3v) is 4.10. The van der Waals surface area contributed by atoms with Crippen molar-refractivity contribution < 1.29 is 19.4 Å². The average molecular weight is 355 g/mol. The van der Waals surface area contributed by atoms with Gasteiger partial charge in [-0.25, -0.2) is 0 Å².